The molecule has 1 aromatic rings. The number of nitro benzene ring substituents is 1. The molecule has 0 heterocycles. The summed E-state index contributed by atoms with van der Waals surface area (Å²) in [4.78, 5) is 10.4. The topological polar surface area (TPSA) is 81.2 Å². The summed E-state index contributed by atoms with van der Waals surface area (Å²) in [6.07, 6.45) is 1.67. The molecule has 0 radical (unpaired) electrons. The van der Waals surface area contributed by atoms with Gasteiger partial charge in [0.1, 0.15) is 5.69 Å². The first-order valence-electron chi connectivity index (χ1n) is 5.02. The zero-order valence-corrected chi connectivity index (χ0v) is 9.28. The second-order valence-electron chi connectivity index (χ2n) is 3.99. The minimum Gasteiger partial charge on any atom is -0.377 e. The lowest BCUT2D eigenvalue weighted by molar-refractivity contribution is -0.384. The van der Waals surface area contributed by atoms with E-state index in [2.05, 4.69) is 5.32 Å². The summed E-state index contributed by atoms with van der Waals surface area (Å²) in [5.41, 5.74) is 6.16. The van der Waals surface area contributed by atoms with Crippen molar-refractivity contribution in [2.24, 2.45) is 5.73 Å². The predicted octanol–water partition coefficient (Wildman–Crippen LogP) is 2.15. The van der Waals surface area contributed by atoms with Gasteiger partial charge in [0.2, 0.25) is 0 Å². The zero-order chi connectivity index (χ0) is 11.7. The van der Waals surface area contributed by atoms with Gasteiger partial charge in [0.15, 0.2) is 0 Å². The number of hydrogen-bond donors (Lipinski definition) is 2. The van der Waals surface area contributed by atoms with E-state index in [-0.39, 0.29) is 17.8 Å². The molecule has 1 fully saturated rings. The van der Waals surface area contributed by atoms with Crippen LogP contribution in [0, 0.1) is 10.1 Å². The summed E-state index contributed by atoms with van der Waals surface area (Å²) in [5, 5.41) is 14.4. The number of nitrogens with two attached hydrogens (primary N) is 1. The highest BCUT2D eigenvalue weighted by molar-refractivity contribution is 6.31. The first kappa shape index (κ1) is 11.2. The molecule has 0 aliphatic heterocycles. The van der Waals surface area contributed by atoms with Gasteiger partial charge in [-0.2, -0.15) is 0 Å². The van der Waals surface area contributed by atoms with E-state index >= 15 is 0 Å². The van der Waals surface area contributed by atoms with Crippen LogP contribution in [0.2, 0.25) is 5.02 Å². The smallest absolute Gasteiger partial charge is 0.292 e. The van der Waals surface area contributed by atoms with E-state index in [1.54, 1.807) is 6.07 Å². The molecule has 1 aliphatic rings. The van der Waals surface area contributed by atoms with Gasteiger partial charge in [-0.3, -0.25) is 10.1 Å². The van der Waals surface area contributed by atoms with E-state index in [1.807, 2.05) is 0 Å². The highest BCUT2D eigenvalue weighted by Crippen LogP contribution is 2.31. The lowest BCUT2D eigenvalue weighted by atomic mass is 9.87. The molecule has 86 valence electrons. The fourth-order valence-corrected chi connectivity index (χ4v) is 1.95. The van der Waals surface area contributed by atoms with Crippen molar-refractivity contribution in [3.8, 4) is 0 Å². The number of halogens is 1. The zero-order valence-electron chi connectivity index (χ0n) is 8.52. The molecule has 0 spiro atoms. The third kappa shape index (κ3) is 2.25. The van der Waals surface area contributed by atoms with Crippen LogP contribution in [-0.2, 0) is 0 Å². The van der Waals surface area contributed by atoms with E-state index in [9.17, 15) is 10.1 Å². The van der Waals surface area contributed by atoms with Crippen LogP contribution in [0.25, 0.3) is 0 Å². The first-order chi connectivity index (χ1) is 7.56. The van der Waals surface area contributed by atoms with Crippen molar-refractivity contribution in [1.82, 2.24) is 0 Å². The summed E-state index contributed by atoms with van der Waals surface area (Å²) < 4.78 is 0. The highest BCUT2D eigenvalue weighted by atomic mass is 35.5. The van der Waals surface area contributed by atoms with Crippen LogP contribution in [0.4, 0.5) is 11.4 Å². The van der Waals surface area contributed by atoms with Gasteiger partial charge in [0.05, 0.1) is 4.92 Å². The van der Waals surface area contributed by atoms with Gasteiger partial charge in [0, 0.05) is 23.2 Å². The maximum absolute atomic E-state index is 10.8. The van der Waals surface area contributed by atoms with Gasteiger partial charge in [-0.15, -0.1) is 0 Å². The molecular formula is C10H12ClN3O2. The first-order valence-corrected chi connectivity index (χ1v) is 5.40. The summed E-state index contributed by atoms with van der Waals surface area (Å²) in [6, 6.07) is 4.91. The number of nitrogens with one attached hydrogen (secondary N) is 1. The number of anilines is 1. The van der Waals surface area contributed by atoms with Crippen LogP contribution in [0.15, 0.2) is 18.2 Å². The van der Waals surface area contributed by atoms with Crippen LogP contribution >= 0.6 is 11.6 Å². The van der Waals surface area contributed by atoms with E-state index in [1.165, 1.54) is 12.1 Å². The Morgan fingerprint density at radius 3 is 2.75 bits per heavy atom. The van der Waals surface area contributed by atoms with Gasteiger partial charge >= 0.3 is 0 Å². The molecule has 2 rings (SSSR count). The Morgan fingerprint density at radius 1 is 1.50 bits per heavy atom. The molecule has 0 unspecified atom stereocenters. The van der Waals surface area contributed by atoms with Crippen molar-refractivity contribution in [3.63, 3.8) is 0 Å². The van der Waals surface area contributed by atoms with Crippen LogP contribution < -0.4 is 11.1 Å². The molecule has 1 aromatic carbocycles. The molecule has 0 atom stereocenters. The normalized spacial score (nSPS) is 23.6. The standard InChI is InChI=1S/C10H12ClN3O2/c11-6-1-2-10(14(15)16)9(3-6)13-8-4-7(12)5-8/h1-3,7-8,13H,4-5,12H2. The molecule has 3 N–H and O–H groups in total. The van der Waals surface area contributed by atoms with Crippen LogP contribution in [0.5, 0.6) is 0 Å². The Morgan fingerprint density at radius 2 is 2.19 bits per heavy atom. The van der Waals surface area contributed by atoms with E-state index in [0.717, 1.165) is 12.8 Å². The molecule has 0 bridgehead atoms. The number of nitrogens with zero attached hydrogens (tertiary/aromatic N) is 1. The second-order valence-corrected chi connectivity index (χ2v) is 4.43. The third-order valence-corrected chi connectivity index (χ3v) is 2.92. The van der Waals surface area contributed by atoms with Crippen LogP contribution in [0.1, 0.15) is 12.8 Å². The van der Waals surface area contributed by atoms with Gasteiger partial charge in [-0.25, -0.2) is 0 Å². The maximum Gasteiger partial charge on any atom is 0.292 e. The van der Waals surface area contributed by atoms with Crippen molar-refractivity contribution >= 4 is 23.0 Å². The largest absolute Gasteiger partial charge is 0.377 e. The van der Waals surface area contributed by atoms with E-state index < -0.39 is 4.92 Å². The summed E-state index contributed by atoms with van der Waals surface area (Å²) >= 11 is 5.81. The third-order valence-electron chi connectivity index (χ3n) is 2.69. The quantitative estimate of drug-likeness (QED) is 0.628. The van der Waals surface area contributed by atoms with Crippen molar-refractivity contribution < 1.29 is 4.92 Å². The fraction of sp³-hybridized carbons (Fsp3) is 0.400. The minimum atomic E-state index is -0.419. The Bertz CT molecular complexity index is 419. The lowest BCUT2D eigenvalue weighted by Crippen LogP contribution is -2.44. The monoisotopic (exact) mass is 241 g/mol. The molecule has 0 amide bonds. The number of nitro groups is 1. The number of rotatable bonds is 3. The molecule has 6 heteroatoms. The average molecular weight is 242 g/mol. The minimum absolute atomic E-state index is 0.0462. The lowest BCUT2D eigenvalue weighted by Gasteiger charge is -2.33. The number of hydrogen-bond acceptors (Lipinski definition) is 4. The van der Waals surface area contributed by atoms with Crippen molar-refractivity contribution in [3.05, 3.63) is 33.3 Å². The molecule has 16 heavy (non-hydrogen) atoms. The second kappa shape index (κ2) is 4.27. The Balaban J connectivity index is 2.17. The van der Waals surface area contributed by atoms with E-state index in [4.69, 9.17) is 17.3 Å². The van der Waals surface area contributed by atoms with Crippen molar-refractivity contribution in [2.45, 2.75) is 24.9 Å². The maximum atomic E-state index is 10.8. The van der Waals surface area contributed by atoms with Crippen molar-refractivity contribution in [2.75, 3.05) is 5.32 Å². The van der Waals surface area contributed by atoms with Gasteiger partial charge < -0.3 is 11.1 Å². The van der Waals surface area contributed by atoms with Crippen LogP contribution in [0.3, 0.4) is 0 Å². The molecule has 1 aliphatic carbocycles. The Kier molecular flexibility index (Phi) is 2.98. The van der Waals surface area contributed by atoms with Crippen LogP contribution in [-0.4, -0.2) is 17.0 Å². The highest BCUT2D eigenvalue weighted by Gasteiger charge is 2.27. The molecular weight excluding hydrogens is 230 g/mol. The van der Waals surface area contributed by atoms with E-state index in [0.29, 0.717) is 10.7 Å². The molecule has 1 saturated carbocycles. The Hall–Kier alpha value is -1.33. The number of benzene rings is 1. The van der Waals surface area contributed by atoms with Gasteiger partial charge in [0.25, 0.3) is 5.69 Å². The van der Waals surface area contributed by atoms with Gasteiger partial charge in [-0.05, 0) is 25.0 Å². The van der Waals surface area contributed by atoms with Crippen molar-refractivity contribution in [1.29, 1.82) is 0 Å². The molecule has 0 aromatic heterocycles. The summed E-state index contributed by atoms with van der Waals surface area (Å²) in [5.74, 6) is 0. The molecule has 5 nitrogen and oxygen atoms in total. The predicted molar refractivity (Wildman–Crippen MR) is 62.7 cm³/mol. The molecule has 0 saturated heterocycles. The SMILES string of the molecule is NC1CC(Nc2cc(Cl)ccc2[N+](=O)[O-])C1. The fourth-order valence-electron chi connectivity index (χ4n) is 1.78. The van der Waals surface area contributed by atoms with Gasteiger partial charge in [-0.1, -0.05) is 11.6 Å². The average Bonchev–Trinajstić information content (AvgIpc) is 2.15. The summed E-state index contributed by atoms with van der Waals surface area (Å²) in [7, 11) is 0. The summed E-state index contributed by atoms with van der Waals surface area (Å²) in [6.45, 7) is 0. The Labute approximate surface area is 97.7 Å².